The molecule has 0 aliphatic carbocycles. The average Bonchev–Trinajstić information content (AvgIpc) is 3.39. The van der Waals surface area contributed by atoms with Crippen molar-refractivity contribution >= 4 is 22.7 Å². The van der Waals surface area contributed by atoms with Gasteiger partial charge in [0.05, 0.1) is 6.10 Å². The zero-order valence-electron chi connectivity index (χ0n) is 23.2. The third kappa shape index (κ3) is 4.92. The first-order valence-corrected chi connectivity index (χ1v) is 13.9. The van der Waals surface area contributed by atoms with Crippen LogP contribution in [0, 0.1) is 13.8 Å². The number of benzene rings is 3. The number of aliphatic hydroxyl groups excluding tert-OH is 1. The normalized spacial score (nSPS) is 15.8. The second-order valence-corrected chi connectivity index (χ2v) is 10.4. The minimum absolute atomic E-state index is 0.319. The maximum atomic E-state index is 10.9. The van der Waals surface area contributed by atoms with Crippen molar-refractivity contribution in [1.82, 2.24) is 24.4 Å². The summed E-state index contributed by atoms with van der Waals surface area (Å²) in [5.74, 6) is 1.40. The van der Waals surface area contributed by atoms with Crippen molar-refractivity contribution in [1.29, 1.82) is 0 Å². The van der Waals surface area contributed by atoms with Crippen LogP contribution in [0.5, 0.6) is 0 Å². The molecule has 3 aromatic carbocycles. The summed E-state index contributed by atoms with van der Waals surface area (Å²) in [6.45, 7) is 9.58. The Hall–Kier alpha value is -4.27. The Kier molecular flexibility index (Phi) is 7.19. The van der Waals surface area contributed by atoms with Gasteiger partial charge in [0.2, 0.25) is 0 Å². The lowest BCUT2D eigenvalue weighted by molar-refractivity contribution is 0.0720. The largest absolute Gasteiger partial charge is 0.390 e. The molecule has 1 aliphatic rings. The molecule has 0 bridgehead atoms. The first-order valence-electron chi connectivity index (χ1n) is 13.9. The first-order chi connectivity index (χ1) is 19.5. The van der Waals surface area contributed by atoms with Crippen molar-refractivity contribution in [3.63, 3.8) is 0 Å². The molecule has 2 N–H and O–H groups in total. The van der Waals surface area contributed by atoms with Crippen LogP contribution in [0.4, 0.5) is 11.5 Å². The molecule has 1 saturated heterocycles. The monoisotopic (exact) mass is 533 g/mol. The van der Waals surface area contributed by atoms with Gasteiger partial charge < -0.3 is 15.3 Å². The van der Waals surface area contributed by atoms with Crippen molar-refractivity contribution < 1.29 is 5.11 Å². The number of hydrogen-bond acceptors (Lipinski definition) is 7. The summed E-state index contributed by atoms with van der Waals surface area (Å²) in [7, 11) is 0. The molecule has 8 heteroatoms. The Morgan fingerprint density at radius 1 is 0.825 bits per heavy atom. The number of anilines is 2. The number of nitrogens with one attached hydrogen (secondary N) is 1. The van der Waals surface area contributed by atoms with Gasteiger partial charge in [0.1, 0.15) is 18.3 Å². The number of aliphatic hydroxyl groups is 1. The van der Waals surface area contributed by atoms with E-state index in [4.69, 9.17) is 4.98 Å². The molecule has 2 unspecified atom stereocenters. The van der Waals surface area contributed by atoms with Crippen molar-refractivity contribution in [3.05, 3.63) is 96.3 Å². The second-order valence-electron chi connectivity index (χ2n) is 10.4. The SMILES string of the molecule is Cc1cccc(N2CCN(C(Nc3ncnc4c3nc(-c3ccccc3)n4-c3ccccc3)C(C)O)CC2)c1C. The summed E-state index contributed by atoms with van der Waals surface area (Å²) in [5, 5.41) is 14.4. The van der Waals surface area contributed by atoms with Gasteiger partial charge in [-0.3, -0.25) is 9.47 Å². The van der Waals surface area contributed by atoms with Crippen molar-refractivity contribution in [2.24, 2.45) is 0 Å². The molecule has 6 rings (SSSR count). The summed E-state index contributed by atoms with van der Waals surface area (Å²) in [4.78, 5) is 19.0. The van der Waals surface area contributed by atoms with Gasteiger partial charge in [-0.25, -0.2) is 15.0 Å². The Balaban J connectivity index is 1.32. The van der Waals surface area contributed by atoms with Crippen LogP contribution in [0.2, 0.25) is 0 Å². The van der Waals surface area contributed by atoms with Crippen LogP contribution < -0.4 is 10.2 Å². The summed E-state index contributed by atoms with van der Waals surface area (Å²) >= 11 is 0. The molecule has 0 saturated carbocycles. The molecule has 0 spiro atoms. The zero-order valence-corrected chi connectivity index (χ0v) is 23.2. The van der Waals surface area contributed by atoms with Crippen LogP contribution in [0.3, 0.4) is 0 Å². The zero-order chi connectivity index (χ0) is 27.6. The molecule has 3 heterocycles. The average molecular weight is 534 g/mol. The van der Waals surface area contributed by atoms with Crippen LogP contribution in [-0.2, 0) is 0 Å². The van der Waals surface area contributed by atoms with Gasteiger partial charge in [-0.1, -0.05) is 60.7 Å². The van der Waals surface area contributed by atoms with Gasteiger partial charge in [0.15, 0.2) is 17.0 Å². The smallest absolute Gasteiger partial charge is 0.170 e. The summed E-state index contributed by atoms with van der Waals surface area (Å²) in [6, 6.07) is 26.7. The van der Waals surface area contributed by atoms with Gasteiger partial charge in [0, 0.05) is 43.1 Å². The lowest BCUT2D eigenvalue weighted by Gasteiger charge is -2.42. The fourth-order valence-corrected chi connectivity index (χ4v) is 5.58. The van der Waals surface area contributed by atoms with Gasteiger partial charge in [-0.05, 0) is 50.1 Å². The molecule has 2 atom stereocenters. The molecule has 0 radical (unpaired) electrons. The van der Waals surface area contributed by atoms with E-state index in [1.165, 1.54) is 16.8 Å². The molecule has 1 aliphatic heterocycles. The third-order valence-corrected chi connectivity index (χ3v) is 7.86. The molecule has 8 nitrogen and oxygen atoms in total. The number of fused-ring (bicyclic) bond motifs is 1. The highest BCUT2D eigenvalue weighted by Crippen LogP contribution is 2.31. The van der Waals surface area contributed by atoms with Gasteiger partial charge in [0.25, 0.3) is 0 Å². The standard InChI is InChI=1S/C32H35N7O/c1-22-11-10-16-27(23(22)2)37-17-19-38(20-18-37)30(24(3)40)36-29-28-32(34-21-33-29)39(26-14-8-5-9-15-26)31(35-28)25-12-6-4-7-13-25/h4-16,21,24,30,40H,17-20H2,1-3H3,(H,33,34,36). The maximum absolute atomic E-state index is 10.9. The van der Waals surface area contributed by atoms with Crippen LogP contribution in [0.15, 0.2) is 85.2 Å². The van der Waals surface area contributed by atoms with E-state index < -0.39 is 6.10 Å². The minimum atomic E-state index is -0.623. The number of imidazole rings is 1. The number of aromatic nitrogens is 4. The number of hydrogen-bond donors (Lipinski definition) is 2. The van der Waals surface area contributed by atoms with Crippen LogP contribution in [0.1, 0.15) is 18.1 Å². The quantitative estimate of drug-likeness (QED) is 0.303. The number of nitrogens with zero attached hydrogens (tertiary/aromatic N) is 6. The molecule has 1 fully saturated rings. The number of rotatable bonds is 7. The van der Waals surface area contributed by atoms with E-state index >= 15 is 0 Å². The van der Waals surface area contributed by atoms with Crippen molar-refractivity contribution in [2.45, 2.75) is 33.0 Å². The van der Waals surface area contributed by atoms with E-state index in [-0.39, 0.29) is 6.17 Å². The Morgan fingerprint density at radius 2 is 1.52 bits per heavy atom. The van der Waals surface area contributed by atoms with E-state index in [1.807, 2.05) is 43.3 Å². The Bertz CT molecular complexity index is 1590. The van der Waals surface area contributed by atoms with Gasteiger partial charge in [-0.2, -0.15) is 0 Å². The van der Waals surface area contributed by atoms with Crippen molar-refractivity contribution in [2.75, 3.05) is 36.4 Å². The maximum Gasteiger partial charge on any atom is 0.170 e. The van der Waals surface area contributed by atoms with Gasteiger partial charge >= 0.3 is 0 Å². The highest BCUT2D eigenvalue weighted by Gasteiger charge is 2.29. The van der Waals surface area contributed by atoms with E-state index in [0.717, 1.165) is 43.3 Å². The van der Waals surface area contributed by atoms with Crippen molar-refractivity contribution in [3.8, 4) is 17.1 Å². The van der Waals surface area contributed by atoms with Crippen LogP contribution in [-0.4, -0.2) is 68.0 Å². The van der Waals surface area contributed by atoms with Gasteiger partial charge in [-0.15, -0.1) is 0 Å². The number of para-hydroxylation sites is 1. The van der Waals surface area contributed by atoms with E-state index in [9.17, 15) is 5.11 Å². The predicted octanol–water partition coefficient (Wildman–Crippen LogP) is 5.04. The van der Waals surface area contributed by atoms with E-state index in [2.05, 4.69) is 86.0 Å². The molecular weight excluding hydrogens is 498 g/mol. The molecule has 5 aromatic rings. The Morgan fingerprint density at radius 3 is 2.23 bits per heavy atom. The molecule has 40 heavy (non-hydrogen) atoms. The fourth-order valence-electron chi connectivity index (χ4n) is 5.58. The fraction of sp³-hybridized carbons (Fsp3) is 0.281. The number of piperazine rings is 1. The highest BCUT2D eigenvalue weighted by atomic mass is 16.3. The van der Waals surface area contributed by atoms with Crippen LogP contribution >= 0.6 is 0 Å². The lowest BCUT2D eigenvalue weighted by Crippen LogP contribution is -2.56. The van der Waals surface area contributed by atoms with Crippen LogP contribution in [0.25, 0.3) is 28.2 Å². The summed E-state index contributed by atoms with van der Waals surface area (Å²) in [6.07, 6.45) is 0.626. The van der Waals surface area contributed by atoms with E-state index in [1.54, 1.807) is 6.33 Å². The van der Waals surface area contributed by atoms with E-state index in [0.29, 0.717) is 17.0 Å². The predicted molar refractivity (Wildman–Crippen MR) is 161 cm³/mol. The third-order valence-electron chi connectivity index (χ3n) is 7.86. The summed E-state index contributed by atoms with van der Waals surface area (Å²) in [5.41, 5.74) is 7.28. The minimum Gasteiger partial charge on any atom is -0.390 e. The Labute approximate surface area is 235 Å². The number of aryl methyl sites for hydroxylation is 1. The topological polar surface area (TPSA) is 82.3 Å². The summed E-state index contributed by atoms with van der Waals surface area (Å²) < 4.78 is 2.07. The molecular formula is C32H35N7O. The highest BCUT2D eigenvalue weighted by molar-refractivity contribution is 5.88. The first kappa shape index (κ1) is 26.0. The molecule has 204 valence electrons. The second kappa shape index (κ2) is 11.1. The molecule has 2 aromatic heterocycles. The lowest BCUT2D eigenvalue weighted by atomic mass is 10.1. The molecule has 0 amide bonds.